The zero-order valence-corrected chi connectivity index (χ0v) is 12.9. The van der Waals surface area contributed by atoms with Crippen molar-refractivity contribution in [2.24, 2.45) is 5.92 Å². The Hall–Kier alpha value is -1.75. The Bertz CT molecular complexity index is 600. The van der Waals surface area contributed by atoms with Crippen LogP contribution < -0.4 is 14.8 Å². The summed E-state index contributed by atoms with van der Waals surface area (Å²) in [5.41, 5.74) is 0.716. The van der Waals surface area contributed by atoms with E-state index in [1.54, 1.807) is 0 Å². The van der Waals surface area contributed by atoms with Gasteiger partial charge in [-0.15, -0.1) is 0 Å². The maximum absolute atomic E-state index is 12.6. The summed E-state index contributed by atoms with van der Waals surface area (Å²) in [5, 5.41) is 3.08. The summed E-state index contributed by atoms with van der Waals surface area (Å²) >= 11 is 0. The molecule has 2 fully saturated rings. The van der Waals surface area contributed by atoms with Crippen molar-refractivity contribution in [1.29, 1.82) is 0 Å². The zero-order chi connectivity index (χ0) is 15.2. The normalized spacial score (nSPS) is 26.6. The highest BCUT2D eigenvalue weighted by molar-refractivity contribution is 5.86. The third-order valence-electron chi connectivity index (χ3n) is 5.12. The first-order valence-electron chi connectivity index (χ1n) is 8.07. The van der Waals surface area contributed by atoms with E-state index < -0.39 is 0 Å². The van der Waals surface area contributed by atoms with Gasteiger partial charge in [-0.1, -0.05) is 6.07 Å². The monoisotopic (exact) mass is 302 g/mol. The van der Waals surface area contributed by atoms with Gasteiger partial charge in [0.05, 0.1) is 5.54 Å². The Morgan fingerprint density at radius 3 is 2.91 bits per heavy atom. The molecule has 5 nitrogen and oxygen atoms in total. The molecule has 1 aromatic rings. The summed E-state index contributed by atoms with van der Waals surface area (Å²) in [6.45, 7) is 4.99. The van der Waals surface area contributed by atoms with E-state index in [-0.39, 0.29) is 18.2 Å². The first-order valence-corrected chi connectivity index (χ1v) is 8.07. The van der Waals surface area contributed by atoms with E-state index in [2.05, 4.69) is 17.1 Å². The summed E-state index contributed by atoms with van der Waals surface area (Å²) in [6, 6.07) is 5.81. The summed E-state index contributed by atoms with van der Waals surface area (Å²) in [5.74, 6) is 2.49. The molecule has 1 N–H and O–H groups in total. The van der Waals surface area contributed by atoms with Gasteiger partial charge in [0, 0.05) is 19.6 Å². The number of nitrogens with zero attached hydrogens (tertiary/aromatic N) is 1. The van der Waals surface area contributed by atoms with Gasteiger partial charge in [-0.25, -0.2) is 0 Å². The van der Waals surface area contributed by atoms with Crippen molar-refractivity contribution >= 4 is 5.91 Å². The zero-order valence-electron chi connectivity index (χ0n) is 12.9. The third kappa shape index (κ3) is 2.43. The van der Waals surface area contributed by atoms with Gasteiger partial charge in [-0.05, 0) is 49.8 Å². The Kier molecular flexibility index (Phi) is 3.26. The van der Waals surface area contributed by atoms with Gasteiger partial charge in [0.2, 0.25) is 12.7 Å². The van der Waals surface area contributed by atoms with Gasteiger partial charge in [-0.3, -0.25) is 9.69 Å². The molecule has 1 unspecified atom stereocenters. The predicted octanol–water partition coefficient (Wildman–Crippen LogP) is 1.91. The van der Waals surface area contributed by atoms with E-state index in [0.29, 0.717) is 6.54 Å². The molecule has 1 amide bonds. The first-order chi connectivity index (χ1) is 10.6. The van der Waals surface area contributed by atoms with Crippen LogP contribution in [0.3, 0.4) is 0 Å². The molecule has 4 rings (SSSR count). The van der Waals surface area contributed by atoms with Gasteiger partial charge in [0.1, 0.15) is 0 Å². The van der Waals surface area contributed by atoms with Crippen LogP contribution in [0, 0.1) is 5.92 Å². The second kappa shape index (κ2) is 5.16. The molecule has 2 heterocycles. The van der Waals surface area contributed by atoms with Crippen LogP contribution >= 0.6 is 0 Å². The number of carbonyl (C=O) groups is 1. The number of nitrogens with one attached hydrogen (secondary N) is 1. The van der Waals surface area contributed by atoms with Crippen LogP contribution in [0.1, 0.15) is 31.7 Å². The largest absolute Gasteiger partial charge is 0.454 e. The summed E-state index contributed by atoms with van der Waals surface area (Å²) in [6.07, 6.45) is 3.60. The van der Waals surface area contributed by atoms with Crippen LogP contribution in [0.2, 0.25) is 0 Å². The molecule has 1 aromatic carbocycles. The standard InChI is InChI=1S/C17H22N2O3/c1-17(6-7-19(17)10-12-2-3-12)16(20)18-9-13-4-5-14-15(8-13)22-11-21-14/h4-5,8,12H,2-3,6-7,9-11H2,1H3,(H,18,20). The highest BCUT2D eigenvalue weighted by Gasteiger charge is 2.47. The van der Waals surface area contributed by atoms with Gasteiger partial charge in [-0.2, -0.15) is 0 Å². The van der Waals surface area contributed by atoms with Crippen molar-refractivity contribution in [2.75, 3.05) is 19.9 Å². The van der Waals surface area contributed by atoms with E-state index in [0.717, 1.165) is 42.5 Å². The molecule has 118 valence electrons. The van der Waals surface area contributed by atoms with Crippen molar-refractivity contribution in [3.8, 4) is 11.5 Å². The lowest BCUT2D eigenvalue weighted by Gasteiger charge is -2.49. The highest BCUT2D eigenvalue weighted by atomic mass is 16.7. The maximum atomic E-state index is 12.6. The molecule has 1 aliphatic carbocycles. The topological polar surface area (TPSA) is 50.8 Å². The van der Waals surface area contributed by atoms with Crippen LogP contribution in [0.5, 0.6) is 11.5 Å². The molecule has 5 heteroatoms. The molecule has 0 aromatic heterocycles. The van der Waals surface area contributed by atoms with Crippen LogP contribution in [0.25, 0.3) is 0 Å². The quantitative estimate of drug-likeness (QED) is 0.902. The lowest BCUT2D eigenvalue weighted by atomic mass is 9.85. The lowest BCUT2D eigenvalue weighted by Crippen LogP contribution is -2.65. The molecule has 0 radical (unpaired) electrons. The van der Waals surface area contributed by atoms with Crippen molar-refractivity contribution in [2.45, 2.75) is 38.3 Å². The number of ether oxygens (including phenoxy) is 2. The molecule has 0 bridgehead atoms. The minimum Gasteiger partial charge on any atom is -0.454 e. The summed E-state index contributed by atoms with van der Waals surface area (Å²) in [7, 11) is 0. The lowest BCUT2D eigenvalue weighted by molar-refractivity contribution is -0.141. The number of rotatable bonds is 5. The van der Waals surface area contributed by atoms with Crippen LogP contribution in [-0.4, -0.2) is 36.2 Å². The minimum absolute atomic E-state index is 0.136. The van der Waals surface area contributed by atoms with Crippen molar-refractivity contribution in [3.63, 3.8) is 0 Å². The van der Waals surface area contributed by atoms with Crippen LogP contribution in [0.4, 0.5) is 0 Å². The number of carbonyl (C=O) groups excluding carboxylic acids is 1. The van der Waals surface area contributed by atoms with Crippen LogP contribution in [0.15, 0.2) is 18.2 Å². The minimum atomic E-state index is -0.321. The highest BCUT2D eigenvalue weighted by Crippen LogP contribution is 2.37. The number of fused-ring (bicyclic) bond motifs is 1. The Balaban J connectivity index is 1.35. The van der Waals surface area contributed by atoms with E-state index in [1.165, 1.54) is 12.8 Å². The Labute approximate surface area is 130 Å². The third-order valence-corrected chi connectivity index (χ3v) is 5.12. The smallest absolute Gasteiger partial charge is 0.240 e. The Morgan fingerprint density at radius 2 is 2.18 bits per heavy atom. The summed E-state index contributed by atoms with van der Waals surface area (Å²) < 4.78 is 10.7. The van der Waals surface area contributed by atoms with E-state index in [9.17, 15) is 4.79 Å². The number of amides is 1. The van der Waals surface area contributed by atoms with Crippen molar-refractivity contribution in [1.82, 2.24) is 10.2 Å². The average Bonchev–Trinajstić information content (AvgIpc) is 3.23. The average molecular weight is 302 g/mol. The molecule has 0 spiro atoms. The fourth-order valence-corrected chi connectivity index (χ4v) is 3.19. The van der Waals surface area contributed by atoms with E-state index in [4.69, 9.17) is 9.47 Å². The van der Waals surface area contributed by atoms with Gasteiger partial charge in [0.15, 0.2) is 11.5 Å². The number of benzene rings is 1. The van der Waals surface area contributed by atoms with Gasteiger partial charge < -0.3 is 14.8 Å². The van der Waals surface area contributed by atoms with Gasteiger partial charge in [0.25, 0.3) is 0 Å². The first kappa shape index (κ1) is 13.9. The van der Waals surface area contributed by atoms with Crippen molar-refractivity contribution < 1.29 is 14.3 Å². The summed E-state index contributed by atoms with van der Waals surface area (Å²) in [4.78, 5) is 14.9. The second-order valence-electron chi connectivity index (χ2n) is 6.78. The molecule has 1 saturated carbocycles. The van der Waals surface area contributed by atoms with E-state index >= 15 is 0 Å². The molecule has 3 aliphatic rings. The number of likely N-dealkylation sites (tertiary alicyclic amines) is 1. The maximum Gasteiger partial charge on any atom is 0.240 e. The fourth-order valence-electron chi connectivity index (χ4n) is 3.19. The number of hydrogen-bond donors (Lipinski definition) is 1. The van der Waals surface area contributed by atoms with Crippen molar-refractivity contribution in [3.05, 3.63) is 23.8 Å². The predicted molar refractivity (Wildman–Crippen MR) is 81.7 cm³/mol. The van der Waals surface area contributed by atoms with Gasteiger partial charge >= 0.3 is 0 Å². The second-order valence-corrected chi connectivity index (χ2v) is 6.78. The molecule has 1 saturated heterocycles. The van der Waals surface area contributed by atoms with E-state index in [1.807, 2.05) is 18.2 Å². The number of hydrogen-bond acceptors (Lipinski definition) is 4. The molecule has 22 heavy (non-hydrogen) atoms. The van der Waals surface area contributed by atoms with Crippen LogP contribution in [-0.2, 0) is 11.3 Å². The molecule has 2 aliphatic heterocycles. The molecule has 1 atom stereocenters. The Morgan fingerprint density at radius 1 is 1.36 bits per heavy atom. The molecular formula is C17H22N2O3. The fraction of sp³-hybridized carbons (Fsp3) is 0.588. The SMILES string of the molecule is CC1(C(=O)NCc2ccc3c(c2)OCO3)CCN1CC1CC1. The molecular weight excluding hydrogens is 280 g/mol.